The van der Waals surface area contributed by atoms with E-state index in [1.54, 1.807) is 11.1 Å². The van der Waals surface area contributed by atoms with Gasteiger partial charge in [-0.05, 0) is 157 Å². The Hall–Kier alpha value is -4.68. The van der Waals surface area contributed by atoms with Crippen molar-refractivity contribution in [3.8, 4) is 55.6 Å². The molecule has 0 fully saturated rings. The number of rotatable bonds is 18. The molecule has 306 valence electrons. The summed E-state index contributed by atoms with van der Waals surface area (Å²) in [6, 6.07) is 43.3. The molecule has 0 atom stereocenters. The maximum absolute atomic E-state index is 2.63. The Bertz CT molecular complexity index is 2260. The first-order valence-electron chi connectivity index (χ1n) is 23.3. The second-order valence-electron chi connectivity index (χ2n) is 18.6. The Kier molecular flexibility index (Phi) is 13.8. The molecule has 0 aromatic heterocycles. The topological polar surface area (TPSA) is 0 Å². The predicted octanol–water partition coefficient (Wildman–Crippen LogP) is 18.0. The lowest BCUT2D eigenvalue weighted by Crippen LogP contribution is -2.25. The molecule has 6 aromatic carbocycles. The minimum Gasteiger partial charge on any atom is -0.0654 e. The average Bonchev–Trinajstić information content (AvgIpc) is 3.47. The van der Waals surface area contributed by atoms with Gasteiger partial charge in [-0.2, -0.15) is 0 Å². The number of hydrogen-bond acceptors (Lipinski definition) is 0. The van der Waals surface area contributed by atoms with Crippen molar-refractivity contribution in [2.24, 2.45) is 0 Å². The number of unbranched alkanes of at least 4 members (excludes halogenated alkanes) is 10. The number of benzene rings is 6. The monoisotopic (exact) mass is 779 g/mol. The van der Waals surface area contributed by atoms with Crippen molar-refractivity contribution in [3.05, 3.63) is 154 Å². The number of hydrogen-bond donors (Lipinski definition) is 0. The second-order valence-corrected chi connectivity index (χ2v) is 18.6. The smallest absolute Gasteiger partial charge is 0.0215 e. The van der Waals surface area contributed by atoms with Gasteiger partial charge in [-0.15, -0.1) is 0 Å². The summed E-state index contributed by atoms with van der Waals surface area (Å²) < 4.78 is 0. The van der Waals surface area contributed by atoms with Gasteiger partial charge in [0, 0.05) is 5.41 Å². The zero-order valence-electron chi connectivity index (χ0n) is 37.8. The van der Waals surface area contributed by atoms with Crippen LogP contribution in [0.1, 0.15) is 148 Å². The van der Waals surface area contributed by atoms with Crippen molar-refractivity contribution >= 4 is 0 Å². The van der Waals surface area contributed by atoms with Gasteiger partial charge in [0.15, 0.2) is 0 Å². The maximum atomic E-state index is 2.63. The number of aryl methyl sites for hydroxylation is 6. The van der Waals surface area contributed by atoms with Crippen LogP contribution in [0.25, 0.3) is 55.6 Å². The lowest BCUT2D eigenvalue weighted by atomic mass is 9.70. The van der Waals surface area contributed by atoms with Crippen LogP contribution in [0.3, 0.4) is 0 Å². The van der Waals surface area contributed by atoms with E-state index in [1.165, 1.54) is 179 Å². The molecule has 1 aliphatic carbocycles. The zero-order chi connectivity index (χ0) is 41.5. The molecule has 6 aromatic rings. The average molecular weight is 779 g/mol. The molecule has 7 rings (SSSR count). The van der Waals surface area contributed by atoms with Crippen LogP contribution >= 0.6 is 0 Å². The van der Waals surface area contributed by atoms with E-state index in [9.17, 15) is 0 Å². The molecule has 0 N–H and O–H groups in total. The van der Waals surface area contributed by atoms with Crippen molar-refractivity contribution in [2.45, 2.75) is 151 Å². The largest absolute Gasteiger partial charge is 0.0654 e. The third-order valence-electron chi connectivity index (χ3n) is 13.2. The third-order valence-corrected chi connectivity index (χ3v) is 13.2. The zero-order valence-corrected chi connectivity index (χ0v) is 37.8. The van der Waals surface area contributed by atoms with E-state index in [-0.39, 0.29) is 5.41 Å². The molecule has 0 aliphatic heterocycles. The van der Waals surface area contributed by atoms with Crippen LogP contribution in [0.4, 0.5) is 0 Å². The maximum Gasteiger partial charge on any atom is 0.0215 e. The standard InChI is InChI=1S/C59H70/c1-9-11-13-15-17-19-25-59(26-20-18-16-14-12-10-2)57-35-41(3)21-23-55(57)56-24-22-47(40-58(56)59)50-33-46(8)34-51(36-50)54-38-52(48-29-42(4)27-43(5)30-48)37-53(39-54)49-31-44(6)28-45(7)32-49/h21-24,27-40H,9-20,25-26H2,1-8H3. The van der Waals surface area contributed by atoms with Crippen LogP contribution in [0.2, 0.25) is 0 Å². The Morgan fingerprint density at radius 3 is 1.08 bits per heavy atom. The molecule has 0 unspecified atom stereocenters. The van der Waals surface area contributed by atoms with Gasteiger partial charge in [0.2, 0.25) is 0 Å². The van der Waals surface area contributed by atoms with E-state index in [2.05, 4.69) is 165 Å². The van der Waals surface area contributed by atoms with Crippen LogP contribution in [0, 0.1) is 41.5 Å². The van der Waals surface area contributed by atoms with E-state index < -0.39 is 0 Å². The van der Waals surface area contributed by atoms with Crippen molar-refractivity contribution in [3.63, 3.8) is 0 Å². The summed E-state index contributed by atoms with van der Waals surface area (Å²) >= 11 is 0. The van der Waals surface area contributed by atoms with E-state index in [1.807, 2.05) is 0 Å². The Balaban J connectivity index is 1.32. The normalized spacial score (nSPS) is 12.8. The van der Waals surface area contributed by atoms with Gasteiger partial charge in [0.1, 0.15) is 0 Å². The highest BCUT2D eigenvalue weighted by Gasteiger charge is 2.42. The van der Waals surface area contributed by atoms with Gasteiger partial charge in [0.25, 0.3) is 0 Å². The SMILES string of the molecule is CCCCCCCCC1(CCCCCCCC)c2cc(C)ccc2-c2ccc(-c3cc(C)cc(-c4cc(-c5cc(C)cc(C)c5)cc(-c5cc(C)cc(C)c5)c4)c3)cc21. The quantitative estimate of drug-likeness (QED) is 0.0763. The third kappa shape index (κ3) is 9.86. The van der Waals surface area contributed by atoms with Gasteiger partial charge >= 0.3 is 0 Å². The molecule has 0 spiro atoms. The summed E-state index contributed by atoms with van der Waals surface area (Å²) in [7, 11) is 0. The Labute approximate surface area is 358 Å². The second kappa shape index (κ2) is 19.1. The van der Waals surface area contributed by atoms with E-state index >= 15 is 0 Å². The molecule has 0 heteroatoms. The van der Waals surface area contributed by atoms with Crippen LogP contribution < -0.4 is 0 Å². The minimum atomic E-state index is 0.0655. The van der Waals surface area contributed by atoms with E-state index in [0.717, 1.165) is 0 Å². The summed E-state index contributed by atoms with van der Waals surface area (Å²) in [5, 5.41) is 0. The molecular weight excluding hydrogens is 709 g/mol. The summed E-state index contributed by atoms with van der Waals surface area (Å²) in [5.74, 6) is 0. The van der Waals surface area contributed by atoms with Crippen LogP contribution in [0.5, 0.6) is 0 Å². The highest BCUT2D eigenvalue weighted by atomic mass is 14.5. The summed E-state index contributed by atoms with van der Waals surface area (Å²) in [5.41, 5.74) is 24.4. The first-order chi connectivity index (χ1) is 28.6. The Morgan fingerprint density at radius 1 is 0.288 bits per heavy atom. The summed E-state index contributed by atoms with van der Waals surface area (Å²) in [6.45, 7) is 18.1. The molecule has 1 aliphatic rings. The van der Waals surface area contributed by atoms with Crippen molar-refractivity contribution < 1.29 is 0 Å². The molecule has 0 radical (unpaired) electrons. The molecule has 0 saturated carbocycles. The van der Waals surface area contributed by atoms with Crippen LogP contribution in [0.15, 0.2) is 109 Å². The highest BCUT2D eigenvalue weighted by molar-refractivity contribution is 5.87. The molecule has 0 saturated heterocycles. The van der Waals surface area contributed by atoms with Crippen molar-refractivity contribution in [1.82, 2.24) is 0 Å². The Morgan fingerprint density at radius 2 is 0.627 bits per heavy atom. The predicted molar refractivity (Wildman–Crippen MR) is 259 cm³/mol. The van der Waals surface area contributed by atoms with Crippen LogP contribution in [-0.4, -0.2) is 0 Å². The van der Waals surface area contributed by atoms with E-state index in [4.69, 9.17) is 0 Å². The lowest BCUT2D eigenvalue weighted by molar-refractivity contribution is 0.398. The fourth-order valence-corrected chi connectivity index (χ4v) is 10.4. The molecular formula is C59H70. The van der Waals surface area contributed by atoms with Gasteiger partial charge < -0.3 is 0 Å². The molecule has 0 amide bonds. The fourth-order valence-electron chi connectivity index (χ4n) is 10.4. The molecule has 59 heavy (non-hydrogen) atoms. The number of fused-ring (bicyclic) bond motifs is 3. The van der Waals surface area contributed by atoms with Crippen molar-refractivity contribution in [1.29, 1.82) is 0 Å². The summed E-state index contributed by atoms with van der Waals surface area (Å²) in [4.78, 5) is 0. The van der Waals surface area contributed by atoms with Gasteiger partial charge in [-0.25, -0.2) is 0 Å². The van der Waals surface area contributed by atoms with Gasteiger partial charge in [-0.1, -0.05) is 198 Å². The first-order valence-corrected chi connectivity index (χ1v) is 23.3. The first kappa shape index (κ1) is 42.4. The fraction of sp³-hybridized carbons (Fsp3) is 0.390. The lowest BCUT2D eigenvalue weighted by Gasteiger charge is -2.33. The van der Waals surface area contributed by atoms with E-state index in [0.29, 0.717) is 0 Å². The molecule has 0 nitrogen and oxygen atoms in total. The molecule has 0 bridgehead atoms. The highest BCUT2D eigenvalue weighted by Crippen LogP contribution is 2.55. The van der Waals surface area contributed by atoms with Crippen LogP contribution in [-0.2, 0) is 5.41 Å². The van der Waals surface area contributed by atoms with Crippen molar-refractivity contribution in [2.75, 3.05) is 0 Å². The van der Waals surface area contributed by atoms with Gasteiger partial charge in [-0.3, -0.25) is 0 Å². The van der Waals surface area contributed by atoms with Gasteiger partial charge in [0.05, 0.1) is 0 Å². The minimum absolute atomic E-state index is 0.0655. The summed E-state index contributed by atoms with van der Waals surface area (Å²) in [6.07, 6.45) is 18.5. The molecule has 0 heterocycles.